The second kappa shape index (κ2) is 32.4. The standard InChI is InChI=1S/2C29H34O4.2C12H23N/c2*1-7-12-21(19(3)4)17-28-18-22(13-8-2)27(5,6)29(26(28)33,24(31)16-23(28)30)25(32)20-14-10-9-11-15-20;2*1-3-7-11(8-4-1)13-12-9-5-2-6-10-12/h2*7-11,14-16,21-22,30H,1-3,12-13,17-18H2,4-6H3;2*11-13H,1-10H2/t2*21-,22-,28+,29+;;/m00../s1. The molecular weight excluding hydrogens is 1140 g/mol. The van der Waals surface area contributed by atoms with E-state index in [1.54, 1.807) is 85.0 Å². The molecule has 0 heterocycles. The van der Waals surface area contributed by atoms with Crippen LogP contribution in [0.5, 0.6) is 0 Å². The smallest absolute Gasteiger partial charge is 0.184 e. The number of nitrogens with two attached hydrogens (primary N) is 2. The first-order chi connectivity index (χ1) is 43.9. The first-order valence-corrected chi connectivity index (χ1v) is 35.5. The molecule has 2 aromatic carbocycles. The van der Waals surface area contributed by atoms with Gasteiger partial charge in [0.15, 0.2) is 45.5 Å². The highest BCUT2D eigenvalue weighted by Gasteiger charge is 2.74. The van der Waals surface area contributed by atoms with Crippen LogP contribution in [0.1, 0.15) is 242 Å². The van der Waals surface area contributed by atoms with Crippen molar-refractivity contribution in [2.75, 3.05) is 0 Å². The number of hydrogen-bond acceptors (Lipinski definition) is 8. The molecule has 500 valence electrons. The lowest BCUT2D eigenvalue weighted by atomic mass is 9.40. The van der Waals surface area contributed by atoms with Crippen molar-refractivity contribution in [2.45, 2.75) is 245 Å². The van der Waals surface area contributed by atoms with Crippen LogP contribution < -0.4 is 20.8 Å². The molecule has 6 fully saturated rings. The van der Waals surface area contributed by atoms with Crippen molar-refractivity contribution in [1.82, 2.24) is 0 Å². The van der Waals surface area contributed by atoms with Crippen LogP contribution in [0.25, 0.3) is 0 Å². The fourth-order valence-electron chi connectivity index (χ4n) is 18.0. The number of quaternary nitrogens is 2. The van der Waals surface area contributed by atoms with Crippen molar-refractivity contribution < 1.29 is 49.6 Å². The molecule has 10 heteroatoms. The van der Waals surface area contributed by atoms with Gasteiger partial charge in [0.05, 0.1) is 24.2 Å². The predicted molar refractivity (Wildman–Crippen MR) is 368 cm³/mol. The minimum absolute atomic E-state index is 0.160. The van der Waals surface area contributed by atoms with Gasteiger partial charge in [-0.3, -0.25) is 28.8 Å². The van der Waals surface area contributed by atoms with Crippen molar-refractivity contribution in [3.63, 3.8) is 0 Å². The van der Waals surface area contributed by atoms with Crippen LogP contribution in [-0.2, 0) is 19.2 Å². The summed E-state index contributed by atoms with van der Waals surface area (Å²) in [5.41, 5.74) is -6.54. The maximum atomic E-state index is 14.5. The quantitative estimate of drug-likeness (QED) is 0.0663. The summed E-state index contributed by atoms with van der Waals surface area (Å²) in [4.78, 5) is 84.3. The van der Waals surface area contributed by atoms with Crippen molar-refractivity contribution in [2.24, 2.45) is 56.2 Å². The van der Waals surface area contributed by atoms with E-state index in [9.17, 15) is 39.0 Å². The summed E-state index contributed by atoms with van der Waals surface area (Å²) in [6.45, 7) is 34.5. The van der Waals surface area contributed by atoms with Gasteiger partial charge < -0.3 is 20.8 Å². The molecule has 0 radical (unpaired) electrons. The van der Waals surface area contributed by atoms with Crippen molar-refractivity contribution >= 4 is 34.7 Å². The molecule has 0 amide bonds. The Labute approximate surface area is 553 Å². The molecule has 10 rings (SSSR count). The molecule has 0 aliphatic heterocycles. The minimum atomic E-state index is -1.96. The van der Waals surface area contributed by atoms with E-state index in [1.165, 1.54) is 128 Å². The molecule has 8 aliphatic carbocycles. The van der Waals surface area contributed by atoms with E-state index in [4.69, 9.17) is 0 Å². The highest BCUT2D eigenvalue weighted by atomic mass is 16.3. The molecule has 2 aromatic rings. The van der Waals surface area contributed by atoms with Gasteiger partial charge in [-0.25, -0.2) is 0 Å². The maximum Gasteiger partial charge on any atom is 0.184 e. The van der Waals surface area contributed by atoms with Crippen LogP contribution in [0.2, 0.25) is 0 Å². The van der Waals surface area contributed by atoms with Gasteiger partial charge in [-0.05, 0) is 215 Å². The van der Waals surface area contributed by atoms with E-state index in [-0.39, 0.29) is 49.4 Å². The number of ketones is 6. The van der Waals surface area contributed by atoms with E-state index in [1.807, 2.05) is 41.5 Å². The fourth-order valence-corrected chi connectivity index (χ4v) is 18.0. The van der Waals surface area contributed by atoms with Gasteiger partial charge in [0.1, 0.15) is 0 Å². The van der Waals surface area contributed by atoms with Crippen LogP contribution >= 0.6 is 0 Å². The predicted octanol–water partition coefficient (Wildman–Crippen LogP) is 14.5. The average Bonchev–Trinajstić information content (AvgIpc) is 0.686. The van der Waals surface area contributed by atoms with E-state index in [2.05, 4.69) is 50.1 Å². The number of allylic oxidation sites excluding steroid dienone is 10. The summed E-state index contributed by atoms with van der Waals surface area (Å²) in [5.74, 6) is -5.37. The van der Waals surface area contributed by atoms with Crippen LogP contribution in [0, 0.1) is 56.2 Å². The first kappa shape index (κ1) is 73.3. The lowest BCUT2D eigenvalue weighted by molar-refractivity contribution is -0.726. The largest absolute Gasteiger partial charge is 0.875 e. The van der Waals surface area contributed by atoms with Gasteiger partial charge in [-0.2, -0.15) is 0 Å². The fraction of sp³-hybridized carbons (Fsp3) is 0.585. The van der Waals surface area contributed by atoms with Crippen molar-refractivity contribution in [3.8, 4) is 0 Å². The molecule has 4 N–H and O–H groups in total. The highest BCUT2D eigenvalue weighted by molar-refractivity contribution is 6.36. The number of Topliss-reactive ketones (excluding diaryl/α,β-unsaturated/α-hetero) is 4. The number of rotatable bonds is 22. The Morgan fingerprint density at radius 1 is 0.478 bits per heavy atom. The highest BCUT2D eigenvalue weighted by Crippen LogP contribution is 2.66. The van der Waals surface area contributed by atoms with E-state index in [0.717, 1.165) is 47.5 Å². The van der Waals surface area contributed by atoms with E-state index < -0.39 is 78.7 Å². The van der Waals surface area contributed by atoms with E-state index >= 15 is 0 Å². The summed E-state index contributed by atoms with van der Waals surface area (Å²) in [6, 6.07) is 20.9. The SMILES string of the molecule is C1CCC([NH2+]C2CCCCC2)CC1.C1CCC([NH2+]C2CCCCC2)CC1.C=CC[C@@H](C[C@@]12C[C@H](CC=C)C(C)(C)[C@@](C(=O)c3ccccc3)(C(=O)C=C1[O-])C2=O)C(=C)C.C=CC[C@@H](C[C@@]12C[C@H](CC=C)C(C)(C)[C@@](C(=O)c3ccccc3)(C(=O)C=C1[O-])C2=O)C(=C)C. The number of fused-ring (bicyclic) bond motifs is 4. The van der Waals surface area contributed by atoms with Gasteiger partial charge in [0, 0.05) is 22.0 Å². The molecule has 8 aliphatic rings. The zero-order chi connectivity index (χ0) is 67.1. The molecule has 0 spiro atoms. The topological polar surface area (TPSA) is 182 Å². The molecule has 6 saturated carbocycles. The van der Waals surface area contributed by atoms with Gasteiger partial charge in [-0.1, -0.05) is 163 Å². The molecule has 8 atom stereocenters. The van der Waals surface area contributed by atoms with Crippen LogP contribution in [0.15, 0.2) is 159 Å². The Hall–Kier alpha value is -6.10. The Balaban J connectivity index is 0.000000189. The summed E-state index contributed by atoms with van der Waals surface area (Å²) < 4.78 is 0. The minimum Gasteiger partial charge on any atom is -0.875 e. The third-order valence-electron chi connectivity index (χ3n) is 23.8. The van der Waals surface area contributed by atoms with E-state index in [0.29, 0.717) is 36.8 Å². The van der Waals surface area contributed by atoms with Gasteiger partial charge in [-0.15, -0.1) is 37.8 Å². The monoisotopic (exact) mass is 1250 g/mol. The first-order valence-electron chi connectivity index (χ1n) is 35.5. The molecule has 4 bridgehead atoms. The van der Waals surface area contributed by atoms with Gasteiger partial charge >= 0.3 is 0 Å². The van der Waals surface area contributed by atoms with Crippen molar-refractivity contribution in [1.29, 1.82) is 0 Å². The number of carbonyl (C=O) groups is 6. The number of carbonyl (C=O) groups excluding carboxylic acids is 6. The molecule has 0 saturated heterocycles. The molecule has 0 aromatic heterocycles. The molecule has 0 unspecified atom stereocenters. The van der Waals surface area contributed by atoms with Crippen LogP contribution in [0.4, 0.5) is 0 Å². The summed E-state index contributed by atoms with van der Waals surface area (Å²) in [7, 11) is 0. The Morgan fingerprint density at radius 3 is 1.01 bits per heavy atom. The van der Waals surface area contributed by atoms with Crippen LogP contribution in [0.3, 0.4) is 0 Å². The molecule has 92 heavy (non-hydrogen) atoms. The lowest BCUT2D eigenvalue weighted by Gasteiger charge is -2.61. The summed E-state index contributed by atoms with van der Waals surface area (Å²) >= 11 is 0. The second-order valence-corrected chi connectivity index (χ2v) is 30.3. The van der Waals surface area contributed by atoms with Crippen molar-refractivity contribution in [3.05, 3.63) is 170 Å². The molecule has 10 nitrogen and oxygen atoms in total. The number of hydrogen-bond donors (Lipinski definition) is 2. The summed E-state index contributed by atoms with van der Waals surface area (Å²) in [5, 5.41) is 32.4. The zero-order valence-corrected chi connectivity index (χ0v) is 57.3. The summed E-state index contributed by atoms with van der Waals surface area (Å²) in [6.07, 6.45) is 42.0. The number of benzene rings is 2. The Bertz CT molecular complexity index is 2800. The third-order valence-corrected chi connectivity index (χ3v) is 23.8. The van der Waals surface area contributed by atoms with Crippen LogP contribution in [-0.4, -0.2) is 58.9 Å². The lowest BCUT2D eigenvalue weighted by Crippen LogP contribution is -2.95. The Kier molecular flexibility index (Phi) is 25.8. The second-order valence-electron chi connectivity index (χ2n) is 30.3. The third kappa shape index (κ3) is 15.0. The normalized spacial score (nSPS) is 28.7. The zero-order valence-electron chi connectivity index (χ0n) is 57.3. The van der Waals surface area contributed by atoms with Gasteiger partial charge in [0.2, 0.25) is 0 Å². The maximum absolute atomic E-state index is 14.5. The van der Waals surface area contributed by atoms with Gasteiger partial charge in [0.25, 0.3) is 0 Å². The Morgan fingerprint density at radius 2 is 0.761 bits per heavy atom. The average molecular weight is 1260 g/mol. The molecular formula is C82H114N2O8.